The molecule has 0 saturated heterocycles. The van der Waals surface area contributed by atoms with Crippen molar-refractivity contribution < 1.29 is 14.6 Å². The van der Waals surface area contributed by atoms with Crippen molar-refractivity contribution in [3.63, 3.8) is 0 Å². The second-order valence-corrected chi connectivity index (χ2v) is 6.10. The molecule has 0 aliphatic rings. The van der Waals surface area contributed by atoms with Gasteiger partial charge in [0.05, 0.1) is 18.3 Å². The van der Waals surface area contributed by atoms with Gasteiger partial charge in [0, 0.05) is 24.2 Å². The number of nitrogens with one attached hydrogen (secondary N) is 1. The van der Waals surface area contributed by atoms with Crippen molar-refractivity contribution in [1.82, 2.24) is 15.0 Å². The summed E-state index contributed by atoms with van der Waals surface area (Å²) in [4.78, 5) is 24.5. The van der Waals surface area contributed by atoms with Crippen LogP contribution >= 0.6 is 0 Å². The van der Waals surface area contributed by atoms with Gasteiger partial charge in [0.15, 0.2) is 0 Å². The second-order valence-electron chi connectivity index (χ2n) is 6.10. The van der Waals surface area contributed by atoms with Crippen LogP contribution in [0.15, 0.2) is 55.0 Å². The highest BCUT2D eigenvalue weighted by atomic mass is 16.5. The molecule has 7 heteroatoms. The van der Waals surface area contributed by atoms with Crippen molar-refractivity contribution in [2.45, 2.75) is 26.3 Å². The number of rotatable bonds is 8. The number of aromatic carboxylic acids is 1. The van der Waals surface area contributed by atoms with E-state index in [4.69, 9.17) is 4.74 Å². The van der Waals surface area contributed by atoms with Gasteiger partial charge < -0.3 is 15.2 Å². The van der Waals surface area contributed by atoms with Crippen molar-refractivity contribution >= 4 is 11.9 Å². The predicted molar refractivity (Wildman–Crippen MR) is 106 cm³/mol. The molecule has 2 N–H and O–H groups in total. The molecular formula is C21H22N4O3. The van der Waals surface area contributed by atoms with Crippen LogP contribution in [-0.4, -0.2) is 32.6 Å². The lowest BCUT2D eigenvalue weighted by Gasteiger charge is -2.17. The number of aromatic nitrogens is 3. The highest BCUT2D eigenvalue weighted by molar-refractivity contribution is 5.92. The third-order valence-electron chi connectivity index (χ3n) is 4.28. The molecular weight excluding hydrogens is 356 g/mol. The van der Waals surface area contributed by atoms with Crippen LogP contribution in [0.25, 0.3) is 11.3 Å². The van der Waals surface area contributed by atoms with E-state index in [9.17, 15) is 9.90 Å². The van der Waals surface area contributed by atoms with E-state index in [1.54, 1.807) is 42.9 Å². The minimum absolute atomic E-state index is 0.0492. The van der Waals surface area contributed by atoms with Crippen molar-refractivity contribution in [3.8, 4) is 17.0 Å². The molecule has 2 heterocycles. The van der Waals surface area contributed by atoms with E-state index in [0.717, 1.165) is 12.0 Å². The summed E-state index contributed by atoms with van der Waals surface area (Å²) in [5, 5.41) is 12.8. The zero-order chi connectivity index (χ0) is 19.9. The fourth-order valence-corrected chi connectivity index (χ4v) is 2.90. The number of nitrogens with zero attached hydrogens (tertiary/aromatic N) is 3. The molecule has 3 rings (SSSR count). The molecule has 7 nitrogen and oxygen atoms in total. The number of benzene rings is 1. The molecule has 1 atom stereocenters. The average molecular weight is 378 g/mol. The lowest BCUT2D eigenvalue weighted by molar-refractivity contribution is 0.0692. The Morgan fingerprint density at radius 2 is 1.93 bits per heavy atom. The van der Waals surface area contributed by atoms with E-state index in [0.29, 0.717) is 29.6 Å². The van der Waals surface area contributed by atoms with Crippen LogP contribution in [-0.2, 0) is 0 Å². The van der Waals surface area contributed by atoms with E-state index < -0.39 is 5.97 Å². The Labute approximate surface area is 163 Å². The molecule has 2 aromatic heterocycles. The number of carboxylic acids is 1. The number of hydrogen-bond donors (Lipinski definition) is 2. The van der Waals surface area contributed by atoms with E-state index in [1.807, 2.05) is 19.1 Å². The van der Waals surface area contributed by atoms with Crippen molar-refractivity contribution in [2.24, 2.45) is 0 Å². The van der Waals surface area contributed by atoms with E-state index in [2.05, 4.69) is 27.2 Å². The Hall–Kier alpha value is -3.48. The Kier molecular flexibility index (Phi) is 6.16. The van der Waals surface area contributed by atoms with Crippen LogP contribution in [0.2, 0.25) is 0 Å². The summed E-state index contributed by atoms with van der Waals surface area (Å²) in [5.74, 6) is -0.219. The summed E-state index contributed by atoms with van der Waals surface area (Å²) >= 11 is 0. The molecule has 0 amide bonds. The maximum atomic E-state index is 11.6. The van der Waals surface area contributed by atoms with Gasteiger partial charge in [-0.05, 0) is 55.3 Å². The molecule has 0 unspecified atom stereocenters. The van der Waals surface area contributed by atoms with Crippen LogP contribution < -0.4 is 10.1 Å². The van der Waals surface area contributed by atoms with Crippen LogP contribution in [0.1, 0.15) is 42.2 Å². The molecule has 0 fully saturated rings. The van der Waals surface area contributed by atoms with Crippen molar-refractivity contribution in [1.29, 1.82) is 0 Å². The molecule has 1 aromatic carbocycles. The smallest absolute Gasteiger partial charge is 0.339 e. The quantitative estimate of drug-likeness (QED) is 0.606. The molecule has 144 valence electrons. The van der Waals surface area contributed by atoms with Crippen LogP contribution in [0.4, 0.5) is 5.95 Å². The summed E-state index contributed by atoms with van der Waals surface area (Å²) in [6.07, 6.45) is 6.01. The molecule has 3 aromatic rings. The average Bonchev–Trinajstić information content (AvgIpc) is 2.73. The number of carboxylic acid groups (broad SMARTS) is 1. The first-order valence-corrected chi connectivity index (χ1v) is 9.12. The molecule has 0 saturated carbocycles. The Morgan fingerprint density at radius 1 is 1.14 bits per heavy atom. The largest absolute Gasteiger partial charge is 0.493 e. The van der Waals surface area contributed by atoms with Gasteiger partial charge in [-0.1, -0.05) is 6.92 Å². The van der Waals surface area contributed by atoms with Gasteiger partial charge >= 0.3 is 5.97 Å². The summed E-state index contributed by atoms with van der Waals surface area (Å²) in [6.45, 7) is 4.29. The Balaban J connectivity index is 1.89. The first-order chi connectivity index (χ1) is 13.6. The summed E-state index contributed by atoms with van der Waals surface area (Å²) in [6, 6.07) is 10.7. The fraction of sp³-hybridized carbons (Fsp3) is 0.238. The van der Waals surface area contributed by atoms with Crippen LogP contribution in [0.5, 0.6) is 5.75 Å². The van der Waals surface area contributed by atoms with Crippen LogP contribution in [0, 0.1) is 0 Å². The van der Waals surface area contributed by atoms with E-state index >= 15 is 0 Å². The van der Waals surface area contributed by atoms with E-state index in [-0.39, 0.29) is 11.6 Å². The molecule has 0 aliphatic carbocycles. The predicted octanol–water partition coefficient (Wildman–Crippen LogP) is 4.20. The van der Waals surface area contributed by atoms with Gasteiger partial charge in [-0.15, -0.1) is 0 Å². The first-order valence-electron chi connectivity index (χ1n) is 9.12. The lowest BCUT2D eigenvalue weighted by Crippen LogP contribution is -2.12. The second kappa shape index (κ2) is 8.94. The van der Waals surface area contributed by atoms with Gasteiger partial charge in [-0.3, -0.25) is 4.98 Å². The number of pyridine rings is 1. The summed E-state index contributed by atoms with van der Waals surface area (Å²) in [5.41, 5.74) is 2.52. The van der Waals surface area contributed by atoms with Crippen molar-refractivity contribution in [3.05, 3.63) is 66.1 Å². The SMILES string of the molecule is CCOc1ccc(-c2ccnc(N[C@@H](CC)c3ccncc3)n2)cc1C(=O)O. The molecule has 0 spiro atoms. The maximum absolute atomic E-state index is 11.6. The first kappa shape index (κ1) is 19.3. The normalized spacial score (nSPS) is 11.6. The third-order valence-corrected chi connectivity index (χ3v) is 4.28. The van der Waals surface area contributed by atoms with Gasteiger partial charge in [-0.2, -0.15) is 0 Å². The summed E-state index contributed by atoms with van der Waals surface area (Å²) < 4.78 is 5.40. The van der Waals surface area contributed by atoms with Gasteiger partial charge in [0.2, 0.25) is 5.95 Å². The number of anilines is 1. The topological polar surface area (TPSA) is 97.2 Å². The molecule has 28 heavy (non-hydrogen) atoms. The number of hydrogen-bond acceptors (Lipinski definition) is 6. The van der Waals surface area contributed by atoms with Gasteiger partial charge in [0.1, 0.15) is 11.3 Å². The highest BCUT2D eigenvalue weighted by Gasteiger charge is 2.15. The zero-order valence-corrected chi connectivity index (χ0v) is 15.8. The van der Waals surface area contributed by atoms with Gasteiger partial charge in [-0.25, -0.2) is 14.8 Å². The highest BCUT2D eigenvalue weighted by Crippen LogP contribution is 2.27. The third kappa shape index (κ3) is 4.43. The molecule has 0 radical (unpaired) electrons. The van der Waals surface area contributed by atoms with Gasteiger partial charge in [0.25, 0.3) is 0 Å². The Bertz CT molecular complexity index is 947. The fourth-order valence-electron chi connectivity index (χ4n) is 2.90. The Morgan fingerprint density at radius 3 is 2.61 bits per heavy atom. The summed E-state index contributed by atoms with van der Waals surface area (Å²) in [7, 11) is 0. The number of ether oxygens (including phenoxy) is 1. The van der Waals surface area contributed by atoms with Crippen molar-refractivity contribution in [2.75, 3.05) is 11.9 Å². The molecule has 0 aliphatic heterocycles. The zero-order valence-electron chi connectivity index (χ0n) is 15.8. The minimum Gasteiger partial charge on any atom is -0.493 e. The monoisotopic (exact) mass is 378 g/mol. The maximum Gasteiger partial charge on any atom is 0.339 e. The standard InChI is InChI=1S/C21H22N4O3/c1-3-17(14-7-10-22-11-8-14)24-21-23-12-9-18(25-21)15-5-6-19(28-4-2)16(13-15)20(26)27/h5-13,17H,3-4H2,1-2H3,(H,26,27)(H,23,24,25)/t17-/m0/s1. The van der Waals surface area contributed by atoms with E-state index in [1.165, 1.54) is 0 Å². The van der Waals surface area contributed by atoms with Crippen LogP contribution in [0.3, 0.4) is 0 Å². The minimum atomic E-state index is -1.04. The molecule has 0 bridgehead atoms. The number of carbonyl (C=O) groups is 1. The lowest BCUT2D eigenvalue weighted by atomic mass is 10.1.